The van der Waals surface area contributed by atoms with Gasteiger partial charge in [-0.15, -0.1) is 0 Å². The first-order valence-corrected chi connectivity index (χ1v) is 17.7. The van der Waals surface area contributed by atoms with Crippen LogP contribution in [0.5, 0.6) is 5.75 Å². The summed E-state index contributed by atoms with van der Waals surface area (Å²) >= 11 is 0. The van der Waals surface area contributed by atoms with E-state index < -0.39 is 42.7 Å². The number of carbonyl (C=O) groups is 2. The molecule has 12 heteroatoms. The lowest BCUT2D eigenvalue weighted by Crippen LogP contribution is -2.61. The minimum absolute atomic E-state index is 0.0284. The maximum absolute atomic E-state index is 12.8. The molecule has 0 amide bonds. The van der Waals surface area contributed by atoms with E-state index in [-0.39, 0.29) is 36.4 Å². The third-order valence-corrected chi connectivity index (χ3v) is 11.6. The maximum Gasteiger partial charge on any atom is 0.470 e. The Bertz CT molecular complexity index is 1480. The molecule has 252 valence electrons. The lowest BCUT2D eigenvalue weighted by Gasteiger charge is -2.59. The first kappa shape index (κ1) is 34.7. The van der Waals surface area contributed by atoms with Crippen LogP contribution in [0.25, 0.3) is 0 Å². The van der Waals surface area contributed by atoms with E-state index in [1.165, 1.54) is 5.56 Å². The number of rotatable bonds is 8. The number of benzene rings is 1. The van der Waals surface area contributed by atoms with Crippen molar-refractivity contribution in [2.24, 2.45) is 33.6 Å². The fraction of sp³-hybridized carbons (Fsp3) is 0.618. The average Bonchev–Trinajstić information content (AvgIpc) is 3.61. The number of phosphoric acid groups is 1. The molecule has 7 atom stereocenters. The summed E-state index contributed by atoms with van der Waals surface area (Å²) in [4.78, 5) is 46.8. The number of hydrogen-bond acceptors (Lipinski definition) is 9. The number of aliphatic hydroxyl groups is 2. The molecule has 0 spiro atoms. The van der Waals surface area contributed by atoms with Crippen LogP contribution in [0.15, 0.2) is 53.1 Å². The van der Waals surface area contributed by atoms with E-state index in [2.05, 4.69) is 34.7 Å². The van der Waals surface area contributed by atoms with Gasteiger partial charge in [-0.1, -0.05) is 57.5 Å². The second-order valence-electron chi connectivity index (χ2n) is 14.0. The molecule has 3 unspecified atom stereocenters. The van der Waals surface area contributed by atoms with Gasteiger partial charge in [0.2, 0.25) is 0 Å². The van der Waals surface area contributed by atoms with E-state index in [1.54, 1.807) is 19.1 Å². The Balaban J connectivity index is 0.000000219. The number of nitrogens with one attached hydrogen (secondary N) is 1. The first-order valence-electron chi connectivity index (χ1n) is 16.2. The van der Waals surface area contributed by atoms with Crippen LogP contribution in [0.3, 0.4) is 0 Å². The molecule has 1 heterocycles. The molecule has 0 aromatic heterocycles. The van der Waals surface area contributed by atoms with E-state index in [1.807, 2.05) is 31.2 Å². The molecule has 0 bridgehead atoms. The Hall–Kier alpha value is -2.66. The predicted molar refractivity (Wildman–Crippen MR) is 172 cm³/mol. The number of phosphoric ester groups is 1. The lowest BCUT2D eigenvalue weighted by atomic mass is 9.46. The van der Waals surface area contributed by atoms with E-state index >= 15 is 0 Å². The van der Waals surface area contributed by atoms with E-state index in [4.69, 9.17) is 14.5 Å². The van der Waals surface area contributed by atoms with Crippen LogP contribution in [0, 0.1) is 28.6 Å². The molecule has 6 rings (SSSR count). The van der Waals surface area contributed by atoms with Crippen molar-refractivity contribution in [3.05, 3.63) is 53.6 Å². The van der Waals surface area contributed by atoms with Gasteiger partial charge in [0.15, 0.2) is 11.6 Å². The van der Waals surface area contributed by atoms with Gasteiger partial charge in [0.25, 0.3) is 0 Å². The van der Waals surface area contributed by atoms with Crippen molar-refractivity contribution in [1.29, 1.82) is 0 Å². The summed E-state index contributed by atoms with van der Waals surface area (Å²) < 4.78 is 21.2. The van der Waals surface area contributed by atoms with Gasteiger partial charge in [-0.2, -0.15) is 0 Å². The summed E-state index contributed by atoms with van der Waals surface area (Å²) in [5.41, 5.74) is -0.895. The van der Waals surface area contributed by atoms with Crippen LogP contribution in [-0.4, -0.2) is 75.4 Å². The molecule has 1 aromatic rings. The average molecular weight is 659 g/mol. The fourth-order valence-corrected chi connectivity index (χ4v) is 9.11. The summed E-state index contributed by atoms with van der Waals surface area (Å²) in [7, 11) is -4.84. The van der Waals surface area contributed by atoms with E-state index in [9.17, 15) is 24.4 Å². The van der Waals surface area contributed by atoms with E-state index in [0.29, 0.717) is 18.9 Å². The van der Waals surface area contributed by atoms with Crippen molar-refractivity contribution in [1.82, 2.24) is 5.32 Å². The third kappa shape index (κ3) is 6.55. The molecule has 5 N–H and O–H groups in total. The van der Waals surface area contributed by atoms with Gasteiger partial charge in [0, 0.05) is 23.3 Å². The first-order chi connectivity index (χ1) is 21.6. The smallest absolute Gasteiger partial charge is 0.470 e. The Kier molecular flexibility index (Phi) is 9.87. The number of ether oxygens (including phenoxy) is 1. The number of carbonyl (C=O) groups excluding carboxylic acids is 2. The number of allylic oxidation sites excluding steroid dienone is 4. The van der Waals surface area contributed by atoms with Gasteiger partial charge in [-0.25, -0.2) is 4.57 Å². The van der Waals surface area contributed by atoms with Crippen LogP contribution in [0.4, 0.5) is 0 Å². The summed E-state index contributed by atoms with van der Waals surface area (Å²) in [5.74, 6) is 1.52. The Labute approximate surface area is 270 Å². The van der Waals surface area contributed by atoms with Crippen LogP contribution in [-0.2, 0) is 18.7 Å². The summed E-state index contributed by atoms with van der Waals surface area (Å²) in [6, 6.07) is 8.19. The SMILES string of the molecule is CC(C)c1ccccc1OCC1=NCCN1.C[C@]12C=CC(=O)C=C1CCC1C2[C@@H](O)C[C@@]2(C)C1CC[C@]2(O)C(=O)COP(=O)(O)O. The zero-order valence-corrected chi connectivity index (χ0v) is 27.9. The molecule has 5 aliphatic rings. The van der Waals surface area contributed by atoms with E-state index in [0.717, 1.165) is 43.1 Å². The summed E-state index contributed by atoms with van der Waals surface area (Å²) in [6.45, 7) is 9.67. The zero-order chi connectivity index (χ0) is 33.5. The van der Waals surface area contributed by atoms with Crippen molar-refractivity contribution in [3.8, 4) is 5.75 Å². The Morgan fingerprint density at radius 3 is 2.61 bits per heavy atom. The standard InChI is InChI=1S/C21H29O8P.C13H18N2O/c1-19-7-5-13(22)9-12(19)3-4-14-15-6-8-21(25,17(24)11-29-30(26,27)28)20(15,2)10-16(23)18(14)19;1-10(2)11-5-3-4-6-12(11)16-9-13-14-7-8-15-13/h5,7,9,14-16,18,23,25H,3-4,6,8,10-11H2,1-2H3,(H2,26,27,28);3-6,10H,7-9H2,1-2H3,(H,14,15)/t14?,15?,16-,18?,19-,20-,21-;/m0./s1. The molecule has 4 aliphatic carbocycles. The molecule has 1 aromatic carbocycles. The number of amidine groups is 1. The molecule has 0 radical (unpaired) electrons. The highest BCUT2D eigenvalue weighted by Crippen LogP contribution is 2.67. The second-order valence-corrected chi connectivity index (χ2v) is 15.3. The molecule has 0 saturated heterocycles. The molecule has 3 fully saturated rings. The van der Waals surface area contributed by atoms with Crippen LogP contribution in [0.2, 0.25) is 0 Å². The molecular formula is C34H47N2O9P. The highest BCUT2D eigenvalue weighted by atomic mass is 31.2. The summed E-state index contributed by atoms with van der Waals surface area (Å²) in [6.07, 6.45) is 6.76. The maximum atomic E-state index is 12.8. The van der Waals surface area contributed by atoms with Crippen molar-refractivity contribution in [2.75, 3.05) is 26.3 Å². The third-order valence-electron chi connectivity index (χ3n) is 11.1. The van der Waals surface area contributed by atoms with Gasteiger partial charge >= 0.3 is 7.82 Å². The minimum Gasteiger partial charge on any atom is -0.485 e. The van der Waals surface area contributed by atoms with Crippen LogP contribution in [0.1, 0.15) is 71.3 Å². The molecule has 11 nitrogen and oxygen atoms in total. The summed E-state index contributed by atoms with van der Waals surface area (Å²) in [5, 5.41) is 25.8. The number of ketones is 2. The van der Waals surface area contributed by atoms with Gasteiger partial charge < -0.3 is 30.1 Å². The normalized spacial score (nSPS) is 34.8. The van der Waals surface area contributed by atoms with Crippen molar-refractivity contribution >= 4 is 25.2 Å². The quantitative estimate of drug-likeness (QED) is 0.258. The number of para-hydroxylation sites is 1. The van der Waals surface area contributed by atoms with Gasteiger partial charge in [-0.3, -0.25) is 19.1 Å². The number of nitrogens with zero attached hydrogens (tertiary/aromatic N) is 1. The lowest BCUT2D eigenvalue weighted by molar-refractivity contribution is -0.178. The zero-order valence-electron chi connectivity index (χ0n) is 27.0. The second kappa shape index (κ2) is 13.1. The highest BCUT2D eigenvalue weighted by molar-refractivity contribution is 7.46. The molecule has 1 aliphatic heterocycles. The van der Waals surface area contributed by atoms with Crippen molar-refractivity contribution in [2.45, 2.75) is 77.4 Å². The largest absolute Gasteiger partial charge is 0.485 e. The highest BCUT2D eigenvalue weighted by Gasteiger charge is 2.68. The molecule has 3 saturated carbocycles. The van der Waals surface area contributed by atoms with Crippen molar-refractivity contribution in [3.63, 3.8) is 0 Å². The predicted octanol–water partition coefficient (Wildman–Crippen LogP) is 3.87. The van der Waals surface area contributed by atoms with Crippen LogP contribution < -0.4 is 10.1 Å². The van der Waals surface area contributed by atoms with Gasteiger partial charge in [0.05, 0.1) is 12.6 Å². The number of hydrogen-bond donors (Lipinski definition) is 5. The monoisotopic (exact) mass is 658 g/mol. The Morgan fingerprint density at radius 2 is 1.93 bits per heavy atom. The fourth-order valence-electron chi connectivity index (χ4n) is 8.83. The number of Topliss-reactive ketones (excluding diaryl/α,β-unsaturated/α-hetero) is 1. The minimum atomic E-state index is -4.84. The molecule has 46 heavy (non-hydrogen) atoms. The van der Waals surface area contributed by atoms with Gasteiger partial charge in [-0.05, 0) is 73.6 Å². The molecular weight excluding hydrogens is 611 g/mol. The van der Waals surface area contributed by atoms with Crippen molar-refractivity contribution < 1.29 is 43.4 Å². The van der Waals surface area contributed by atoms with Crippen LogP contribution >= 0.6 is 7.82 Å². The Morgan fingerprint density at radius 1 is 1.20 bits per heavy atom. The van der Waals surface area contributed by atoms with Gasteiger partial charge in [0.1, 0.15) is 30.4 Å². The number of aliphatic imine (C=N–C) groups is 1. The number of fused-ring (bicyclic) bond motifs is 5. The topological polar surface area (TPSA) is 175 Å². The number of aliphatic hydroxyl groups excluding tert-OH is 1.